The van der Waals surface area contributed by atoms with E-state index in [0.29, 0.717) is 19.3 Å². The Morgan fingerprint density at radius 3 is 1.83 bits per heavy atom. The lowest BCUT2D eigenvalue weighted by Gasteiger charge is -2.42. The maximum atomic E-state index is 11.6. The molecule has 0 bridgehead atoms. The Labute approximate surface area is 138 Å². The largest absolute Gasteiger partial charge is 0.481 e. The minimum Gasteiger partial charge on any atom is -0.481 e. The van der Waals surface area contributed by atoms with Gasteiger partial charge in [-0.05, 0) is 43.9 Å². The summed E-state index contributed by atoms with van der Waals surface area (Å²) in [6.45, 7) is 0. The first kappa shape index (κ1) is 18.2. The Hall–Kier alpha value is -2.12. The van der Waals surface area contributed by atoms with E-state index in [0.717, 1.165) is 12.8 Å². The Balaban J connectivity index is 2.21. The van der Waals surface area contributed by atoms with E-state index in [2.05, 4.69) is 0 Å². The quantitative estimate of drug-likeness (QED) is 0.549. The molecule has 0 heterocycles. The van der Waals surface area contributed by atoms with Crippen molar-refractivity contribution in [1.82, 2.24) is 0 Å². The third-order valence-electron chi connectivity index (χ3n) is 5.83. The van der Waals surface area contributed by atoms with Crippen LogP contribution in [0.3, 0.4) is 0 Å². The molecule has 4 unspecified atom stereocenters. The molecule has 2 saturated carbocycles. The van der Waals surface area contributed by atoms with Gasteiger partial charge in [0.05, 0.1) is 11.8 Å². The van der Waals surface area contributed by atoms with Gasteiger partial charge in [0.25, 0.3) is 0 Å². The van der Waals surface area contributed by atoms with Crippen molar-refractivity contribution in [2.75, 3.05) is 0 Å². The van der Waals surface area contributed by atoms with Gasteiger partial charge in [-0.2, -0.15) is 0 Å². The number of carboxylic acids is 4. The first-order valence-corrected chi connectivity index (χ1v) is 8.12. The van der Waals surface area contributed by atoms with Crippen molar-refractivity contribution in [2.45, 2.75) is 44.9 Å². The van der Waals surface area contributed by atoms with Gasteiger partial charge in [0.2, 0.25) is 0 Å². The predicted octanol–water partition coefficient (Wildman–Crippen LogP) is 1.53. The Morgan fingerprint density at radius 1 is 0.750 bits per heavy atom. The fraction of sp³-hybridized carbons (Fsp3) is 0.750. The molecule has 0 aliphatic heterocycles. The van der Waals surface area contributed by atoms with E-state index >= 15 is 0 Å². The van der Waals surface area contributed by atoms with Gasteiger partial charge in [0.15, 0.2) is 5.41 Å². The summed E-state index contributed by atoms with van der Waals surface area (Å²) < 4.78 is 0. The number of carbonyl (C=O) groups is 4. The lowest BCUT2D eigenvalue weighted by Crippen LogP contribution is -2.52. The van der Waals surface area contributed by atoms with E-state index in [1.165, 1.54) is 0 Å². The monoisotopic (exact) mass is 342 g/mol. The minimum atomic E-state index is -2.30. The highest BCUT2D eigenvalue weighted by molar-refractivity contribution is 6.02. The van der Waals surface area contributed by atoms with E-state index in [1.807, 2.05) is 0 Å². The highest BCUT2D eigenvalue weighted by atomic mass is 16.4. The van der Waals surface area contributed by atoms with Gasteiger partial charge < -0.3 is 20.4 Å². The molecule has 2 aliphatic carbocycles. The van der Waals surface area contributed by atoms with Crippen molar-refractivity contribution < 1.29 is 39.6 Å². The third-order valence-corrected chi connectivity index (χ3v) is 5.83. The van der Waals surface area contributed by atoms with Crippen LogP contribution in [-0.4, -0.2) is 44.3 Å². The zero-order chi connectivity index (χ0) is 18.1. The summed E-state index contributed by atoms with van der Waals surface area (Å²) in [5.74, 6) is -7.64. The summed E-state index contributed by atoms with van der Waals surface area (Å²) in [6.07, 6.45) is 2.55. The van der Waals surface area contributed by atoms with E-state index in [-0.39, 0.29) is 24.7 Å². The number of rotatable bonds is 5. The van der Waals surface area contributed by atoms with Crippen LogP contribution in [0.1, 0.15) is 44.9 Å². The number of hydrogen-bond acceptors (Lipinski definition) is 4. The number of aliphatic carboxylic acids is 4. The molecule has 8 heteroatoms. The fourth-order valence-corrected chi connectivity index (χ4v) is 4.43. The lowest BCUT2D eigenvalue weighted by molar-refractivity contribution is -0.181. The van der Waals surface area contributed by atoms with Gasteiger partial charge in [-0.15, -0.1) is 0 Å². The summed E-state index contributed by atoms with van der Waals surface area (Å²) in [7, 11) is 0. The second-order valence-corrected chi connectivity index (χ2v) is 6.97. The standard InChI is InChI=1S/C16H22O8/c17-12(18)10-3-1-2-8(6-10)9-4-5-16(14(21)22,15(23)24)11(7-9)13(19)20/h8-11H,1-7H2,(H,17,18)(H,19,20)(H,21,22)(H,23,24). The molecule has 8 nitrogen and oxygen atoms in total. The Morgan fingerprint density at radius 2 is 1.33 bits per heavy atom. The summed E-state index contributed by atoms with van der Waals surface area (Å²) in [6, 6.07) is 0. The van der Waals surface area contributed by atoms with Crippen molar-refractivity contribution in [2.24, 2.45) is 29.1 Å². The van der Waals surface area contributed by atoms with Crippen LogP contribution in [-0.2, 0) is 19.2 Å². The van der Waals surface area contributed by atoms with Crippen LogP contribution >= 0.6 is 0 Å². The van der Waals surface area contributed by atoms with Gasteiger partial charge >= 0.3 is 23.9 Å². The topological polar surface area (TPSA) is 149 Å². The lowest BCUT2D eigenvalue weighted by atomic mass is 9.59. The van der Waals surface area contributed by atoms with Crippen LogP contribution < -0.4 is 0 Å². The van der Waals surface area contributed by atoms with Crippen LogP contribution in [0.25, 0.3) is 0 Å². The second-order valence-electron chi connectivity index (χ2n) is 6.97. The fourth-order valence-electron chi connectivity index (χ4n) is 4.43. The van der Waals surface area contributed by atoms with Gasteiger partial charge in [0, 0.05) is 0 Å². The van der Waals surface area contributed by atoms with E-state index < -0.39 is 41.1 Å². The van der Waals surface area contributed by atoms with Crippen molar-refractivity contribution in [3.63, 3.8) is 0 Å². The number of carboxylic acid groups (broad SMARTS) is 4. The highest BCUT2D eigenvalue weighted by Gasteiger charge is 2.59. The molecule has 0 radical (unpaired) electrons. The molecule has 2 aliphatic rings. The molecule has 24 heavy (non-hydrogen) atoms. The van der Waals surface area contributed by atoms with Gasteiger partial charge in [0.1, 0.15) is 0 Å². The molecule has 4 N–H and O–H groups in total. The Kier molecular flexibility index (Phi) is 5.15. The average Bonchev–Trinajstić information content (AvgIpc) is 2.53. The van der Waals surface area contributed by atoms with Crippen molar-refractivity contribution in [1.29, 1.82) is 0 Å². The molecule has 0 aromatic rings. The minimum absolute atomic E-state index is 0.00212. The molecule has 0 aromatic carbocycles. The molecular weight excluding hydrogens is 320 g/mol. The summed E-state index contributed by atoms with van der Waals surface area (Å²) >= 11 is 0. The van der Waals surface area contributed by atoms with Crippen LogP contribution in [0.15, 0.2) is 0 Å². The predicted molar refractivity (Wildman–Crippen MR) is 79.3 cm³/mol. The highest BCUT2D eigenvalue weighted by Crippen LogP contribution is 2.49. The zero-order valence-corrected chi connectivity index (χ0v) is 13.2. The van der Waals surface area contributed by atoms with Crippen LogP contribution in [0.2, 0.25) is 0 Å². The first-order chi connectivity index (χ1) is 11.2. The van der Waals surface area contributed by atoms with E-state index in [4.69, 9.17) is 0 Å². The first-order valence-electron chi connectivity index (χ1n) is 8.12. The molecule has 0 spiro atoms. The molecule has 0 aromatic heterocycles. The van der Waals surface area contributed by atoms with E-state index in [1.54, 1.807) is 0 Å². The third kappa shape index (κ3) is 3.09. The smallest absolute Gasteiger partial charge is 0.321 e. The molecule has 0 saturated heterocycles. The molecule has 134 valence electrons. The maximum absolute atomic E-state index is 11.6. The molecule has 4 atom stereocenters. The van der Waals surface area contributed by atoms with Crippen LogP contribution in [0.4, 0.5) is 0 Å². The zero-order valence-electron chi connectivity index (χ0n) is 13.2. The van der Waals surface area contributed by atoms with Crippen LogP contribution in [0, 0.1) is 29.1 Å². The second kappa shape index (κ2) is 6.78. The molecule has 2 fully saturated rings. The number of hydrogen-bond donors (Lipinski definition) is 4. The Bertz CT molecular complexity index is 540. The summed E-state index contributed by atoms with van der Waals surface area (Å²) in [4.78, 5) is 45.8. The van der Waals surface area contributed by atoms with Crippen molar-refractivity contribution >= 4 is 23.9 Å². The maximum Gasteiger partial charge on any atom is 0.321 e. The van der Waals surface area contributed by atoms with Crippen molar-refractivity contribution in [3.05, 3.63) is 0 Å². The normalized spacial score (nSPS) is 32.7. The van der Waals surface area contributed by atoms with E-state index in [9.17, 15) is 39.6 Å². The summed E-state index contributed by atoms with van der Waals surface area (Å²) in [5.41, 5.74) is -2.30. The van der Waals surface area contributed by atoms with Gasteiger partial charge in [-0.3, -0.25) is 19.2 Å². The van der Waals surface area contributed by atoms with Gasteiger partial charge in [-0.25, -0.2) is 0 Å². The molecule has 0 amide bonds. The van der Waals surface area contributed by atoms with Crippen LogP contribution in [0.5, 0.6) is 0 Å². The SMILES string of the molecule is O=C(O)C1CCCC(C2CCC(C(=O)O)(C(=O)O)C(C(=O)O)C2)C1. The summed E-state index contributed by atoms with van der Waals surface area (Å²) in [5, 5.41) is 37.3. The molecule has 2 rings (SSSR count). The average molecular weight is 342 g/mol. The van der Waals surface area contributed by atoms with Gasteiger partial charge in [-0.1, -0.05) is 12.8 Å². The molecular formula is C16H22O8. The van der Waals surface area contributed by atoms with Crippen molar-refractivity contribution in [3.8, 4) is 0 Å².